The fraction of sp³-hybridized carbons (Fsp3) is 0.222. The Balaban J connectivity index is 1.44. The second-order valence-electron chi connectivity index (χ2n) is 8.15. The first-order valence-corrected chi connectivity index (χ1v) is 11.0. The molecule has 0 spiro atoms. The van der Waals surface area contributed by atoms with Crippen LogP contribution in [0.5, 0.6) is 5.75 Å². The van der Waals surface area contributed by atoms with E-state index in [1.807, 2.05) is 70.2 Å². The maximum atomic E-state index is 12.2. The smallest absolute Gasteiger partial charge is 0.262 e. The van der Waals surface area contributed by atoms with Crippen LogP contribution in [0.15, 0.2) is 65.8 Å². The Morgan fingerprint density at radius 2 is 1.50 bits per heavy atom. The fourth-order valence-electron chi connectivity index (χ4n) is 3.10. The van der Waals surface area contributed by atoms with Gasteiger partial charge in [-0.15, -0.1) is 0 Å². The first kappa shape index (κ1) is 24.5. The number of anilines is 2. The van der Waals surface area contributed by atoms with Gasteiger partial charge in [0.1, 0.15) is 5.75 Å². The van der Waals surface area contributed by atoms with Crippen molar-refractivity contribution in [1.29, 1.82) is 0 Å². The molecular formula is C27H30N4O3. The van der Waals surface area contributed by atoms with E-state index in [9.17, 15) is 9.59 Å². The van der Waals surface area contributed by atoms with Crippen molar-refractivity contribution < 1.29 is 14.3 Å². The molecule has 0 aliphatic carbocycles. The summed E-state index contributed by atoms with van der Waals surface area (Å²) in [6, 6.07) is 18.8. The molecule has 0 aliphatic rings. The number of nitrogens with zero attached hydrogens (tertiary/aromatic N) is 1. The topological polar surface area (TPSA) is 91.8 Å². The Hall–Kier alpha value is -4.13. The Kier molecular flexibility index (Phi) is 8.40. The quantitative estimate of drug-likeness (QED) is 0.325. The molecule has 0 unspecified atom stereocenters. The Bertz CT molecular complexity index is 1200. The SMILES string of the molecule is Cc1ccc(NCC(=O)N/N=C\c2cccc(OCC(=O)Nc3ccc(C)c(C)c3)c2)cc1C. The number of hydrogen-bond acceptors (Lipinski definition) is 5. The van der Waals surface area contributed by atoms with Crippen LogP contribution >= 0.6 is 0 Å². The number of hydrazone groups is 1. The first-order chi connectivity index (χ1) is 16.3. The largest absolute Gasteiger partial charge is 0.484 e. The molecule has 3 rings (SSSR count). The first-order valence-electron chi connectivity index (χ1n) is 11.0. The third-order valence-corrected chi connectivity index (χ3v) is 5.38. The van der Waals surface area contributed by atoms with Gasteiger partial charge in [-0.3, -0.25) is 9.59 Å². The van der Waals surface area contributed by atoms with Gasteiger partial charge in [0.25, 0.3) is 11.8 Å². The molecule has 2 amide bonds. The maximum absolute atomic E-state index is 12.2. The van der Waals surface area contributed by atoms with Crippen molar-refractivity contribution in [3.8, 4) is 5.75 Å². The van der Waals surface area contributed by atoms with Crippen LogP contribution in [0.3, 0.4) is 0 Å². The van der Waals surface area contributed by atoms with Crippen LogP contribution in [0.1, 0.15) is 27.8 Å². The Labute approximate surface area is 200 Å². The van der Waals surface area contributed by atoms with Crippen LogP contribution < -0.4 is 20.8 Å². The van der Waals surface area contributed by atoms with Crippen molar-refractivity contribution in [3.63, 3.8) is 0 Å². The zero-order chi connectivity index (χ0) is 24.5. The van der Waals surface area contributed by atoms with Crippen molar-refractivity contribution in [2.24, 2.45) is 5.10 Å². The monoisotopic (exact) mass is 458 g/mol. The standard InChI is InChI=1S/C27H30N4O3/c1-18-8-10-23(12-20(18)3)28-16-26(32)31-29-15-22-6-5-7-25(14-22)34-17-27(33)30-24-11-9-19(2)21(4)13-24/h5-15,28H,16-17H2,1-4H3,(H,30,33)(H,31,32)/b29-15-. The van der Waals surface area contributed by atoms with Crippen LogP contribution in [0, 0.1) is 27.7 Å². The lowest BCUT2D eigenvalue weighted by Gasteiger charge is -2.09. The average molecular weight is 459 g/mol. The number of ether oxygens (including phenoxy) is 1. The molecule has 0 fully saturated rings. The lowest BCUT2D eigenvalue weighted by Crippen LogP contribution is -2.25. The summed E-state index contributed by atoms with van der Waals surface area (Å²) in [5, 5.41) is 9.90. The number of benzene rings is 3. The number of nitrogens with one attached hydrogen (secondary N) is 3. The van der Waals surface area contributed by atoms with E-state index in [-0.39, 0.29) is 25.0 Å². The molecular weight excluding hydrogens is 428 g/mol. The molecule has 7 nitrogen and oxygen atoms in total. The summed E-state index contributed by atoms with van der Waals surface area (Å²) >= 11 is 0. The maximum Gasteiger partial charge on any atom is 0.262 e. The van der Waals surface area contributed by atoms with E-state index in [0.29, 0.717) is 5.75 Å². The van der Waals surface area contributed by atoms with Crippen LogP contribution in [-0.4, -0.2) is 31.2 Å². The van der Waals surface area contributed by atoms with Gasteiger partial charge in [0.05, 0.1) is 12.8 Å². The number of aryl methyl sites for hydroxylation is 4. The average Bonchev–Trinajstić information content (AvgIpc) is 2.81. The summed E-state index contributed by atoms with van der Waals surface area (Å²) in [6.07, 6.45) is 1.52. The van der Waals surface area contributed by atoms with Crippen molar-refractivity contribution in [2.75, 3.05) is 23.8 Å². The lowest BCUT2D eigenvalue weighted by molar-refractivity contribution is -0.119. The molecule has 0 heterocycles. The van der Waals surface area contributed by atoms with E-state index in [1.165, 1.54) is 17.3 Å². The molecule has 0 saturated heterocycles. The fourth-order valence-corrected chi connectivity index (χ4v) is 3.10. The van der Waals surface area contributed by atoms with Crippen molar-refractivity contribution in [2.45, 2.75) is 27.7 Å². The molecule has 3 aromatic rings. The van der Waals surface area contributed by atoms with Crippen molar-refractivity contribution in [1.82, 2.24) is 5.43 Å². The summed E-state index contributed by atoms with van der Waals surface area (Å²) < 4.78 is 5.60. The zero-order valence-corrected chi connectivity index (χ0v) is 19.9. The van der Waals surface area contributed by atoms with Gasteiger partial charge in [0.2, 0.25) is 0 Å². The van der Waals surface area contributed by atoms with Gasteiger partial charge in [-0.05, 0) is 91.9 Å². The van der Waals surface area contributed by atoms with E-state index in [1.54, 1.807) is 18.2 Å². The molecule has 7 heteroatoms. The van der Waals surface area contributed by atoms with Gasteiger partial charge in [-0.2, -0.15) is 5.10 Å². The Morgan fingerprint density at radius 1 is 0.824 bits per heavy atom. The summed E-state index contributed by atoms with van der Waals surface area (Å²) in [7, 11) is 0. The predicted molar refractivity (Wildman–Crippen MR) is 137 cm³/mol. The van der Waals surface area contributed by atoms with Crippen molar-refractivity contribution >= 4 is 29.4 Å². The number of hydrogen-bond donors (Lipinski definition) is 3. The molecule has 176 valence electrons. The van der Waals surface area contributed by atoms with Crippen LogP contribution in [0.2, 0.25) is 0 Å². The highest BCUT2D eigenvalue weighted by molar-refractivity contribution is 5.92. The second kappa shape index (κ2) is 11.7. The minimum atomic E-state index is -0.259. The summed E-state index contributed by atoms with van der Waals surface area (Å²) in [4.78, 5) is 24.2. The number of amides is 2. The van der Waals surface area contributed by atoms with E-state index in [2.05, 4.69) is 21.2 Å². The van der Waals surface area contributed by atoms with Gasteiger partial charge in [-0.25, -0.2) is 5.43 Å². The van der Waals surface area contributed by atoms with Crippen LogP contribution in [0.4, 0.5) is 11.4 Å². The highest BCUT2D eigenvalue weighted by atomic mass is 16.5. The van der Waals surface area contributed by atoms with E-state index >= 15 is 0 Å². The molecule has 0 aromatic heterocycles. The van der Waals surface area contributed by atoms with E-state index in [0.717, 1.165) is 28.1 Å². The molecule has 0 aliphatic heterocycles. The zero-order valence-electron chi connectivity index (χ0n) is 19.9. The van der Waals surface area contributed by atoms with Crippen LogP contribution in [-0.2, 0) is 9.59 Å². The molecule has 34 heavy (non-hydrogen) atoms. The molecule has 0 atom stereocenters. The lowest BCUT2D eigenvalue weighted by atomic mass is 10.1. The predicted octanol–water partition coefficient (Wildman–Crippen LogP) is 4.50. The van der Waals surface area contributed by atoms with Crippen LogP contribution in [0.25, 0.3) is 0 Å². The third kappa shape index (κ3) is 7.48. The molecule has 0 saturated carbocycles. The van der Waals surface area contributed by atoms with Gasteiger partial charge in [0.15, 0.2) is 6.61 Å². The normalized spacial score (nSPS) is 10.7. The molecule has 3 aromatic carbocycles. The van der Waals surface area contributed by atoms with Gasteiger partial charge >= 0.3 is 0 Å². The Morgan fingerprint density at radius 3 is 2.21 bits per heavy atom. The number of rotatable bonds is 9. The second-order valence-corrected chi connectivity index (χ2v) is 8.15. The number of carbonyl (C=O) groups excluding carboxylic acids is 2. The van der Waals surface area contributed by atoms with Crippen molar-refractivity contribution in [3.05, 3.63) is 88.5 Å². The molecule has 0 bridgehead atoms. The minimum absolute atomic E-state index is 0.110. The summed E-state index contributed by atoms with van der Waals surface area (Å²) in [5.74, 6) is 0.0256. The third-order valence-electron chi connectivity index (χ3n) is 5.38. The van der Waals surface area contributed by atoms with Gasteiger partial charge < -0.3 is 15.4 Å². The summed E-state index contributed by atoms with van der Waals surface area (Å²) in [5.41, 5.74) is 9.49. The van der Waals surface area contributed by atoms with Gasteiger partial charge in [0, 0.05) is 11.4 Å². The van der Waals surface area contributed by atoms with E-state index in [4.69, 9.17) is 4.74 Å². The highest BCUT2D eigenvalue weighted by Crippen LogP contribution is 2.16. The highest BCUT2D eigenvalue weighted by Gasteiger charge is 2.06. The van der Waals surface area contributed by atoms with E-state index < -0.39 is 0 Å². The minimum Gasteiger partial charge on any atom is -0.484 e. The summed E-state index contributed by atoms with van der Waals surface area (Å²) in [6.45, 7) is 8.09. The van der Waals surface area contributed by atoms with Gasteiger partial charge in [-0.1, -0.05) is 24.3 Å². The molecule has 3 N–H and O–H groups in total. The molecule has 0 radical (unpaired) electrons. The number of carbonyl (C=O) groups is 2.